The molecule has 0 spiro atoms. The number of carbonyl (C=O) groups excluding carboxylic acids is 1. The predicted molar refractivity (Wildman–Crippen MR) is 75.6 cm³/mol. The summed E-state index contributed by atoms with van der Waals surface area (Å²) in [7, 11) is 0. The second-order valence-electron chi connectivity index (χ2n) is 3.81. The summed E-state index contributed by atoms with van der Waals surface area (Å²) in [6.45, 7) is 0. The molecule has 0 aliphatic rings. The predicted octanol–water partition coefficient (Wildman–Crippen LogP) is 3.34. The van der Waals surface area contributed by atoms with Gasteiger partial charge in [-0.2, -0.15) is 0 Å². The molecule has 1 amide bonds. The second kappa shape index (κ2) is 5.90. The molecule has 0 aliphatic heterocycles. The molecule has 5 nitrogen and oxygen atoms in total. The van der Waals surface area contributed by atoms with Crippen LogP contribution in [0.2, 0.25) is 10.0 Å². The normalized spacial score (nSPS) is 10.1. The van der Waals surface area contributed by atoms with Crippen LogP contribution in [0, 0.1) is 0 Å². The molecule has 1 aromatic heterocycles. The lowest BCUT2D eigenvalue weighted by molar-refractivity contribution is 0.0696. The molecule has 102 valence electrons. The van der Waals surface area contributed by atoms with E-state index in [0.29, 0.717) is 5.56 Å². The van der Waals surface area contributed by atoms with Crippen LogP contribution in [0.3, 0.4) is 0 Å². The Bertz CT molecular complexity index is 652. The Morgan fingerprint density at radius 3 is 2.10 bits per heavy atom. The summed E-state index contributed by atoms with van der Waals surface area (Å²) >= 11 is 11.9. The summed E-state index contributed by atoms with van der Waals surface area (Å²) < 4.78 is 0. The van der Waals surface area contributed by atoms with E-state index in [1.165, 1.54) is 36.7 Å². The lowest BCUT2D eigenvalue weighted by Gasteiger charge is -2.10. The fourth-order valence-electron chi connectivity index (χ4n) is 1.51. The Kier molecular flexibility index (Phi) is 4.22. The van der Waals surface area contributed by atoms with Crippen LogP contribution in [0.15, 0.2) is 36.7 Å². The van der Waals surface area contributed by atoms with Crippen molar-refractivity contribution in [1.29, 1.82) is 0 Å². The number of anilines is 1. The maximum atomic E-state index is 12.0. The largest absolute Gasteiger partial charge is 0.478 e. The van der Waals surface area contributed by atoms with Crippen LogP contribution in [0.1, 0.15) is 20.7 Å². The molecule has 0 aliphatic carbocycles. The molecule has 0 bridgehead atoms. The Labute approximate surface area is 124 Å². The number of aromatic carboxylic acids is 1. The van der Waals surface area contributed by atoms with E-state index in [9.17, 15) is 9.59 Å². The van der Waals surface area contributed by atoms with E-state index in [0.717, 1.165) is 0 Å². The first-order valence-electron chi connectivity index (χ1n) is 5.42. The maximum Gasteiger partial charge on any atom is 0.335 e. The monoisotopic (exact) mass is 310 g/mol. The average Bonchev–Trinajstić information content (AvgIpc) is 2.43. The van der Waals surface area contributed by atoms with Crippen LogP contribution in [0.4, 0.5) is 5.69 Å². The van der Waals surface area contributed by atoms with E-state index < -0.39 is 11.9 Å². The van der Waals surface area contributed by atoms with E-state index in [-0.39, 0.29) is 21.3 Å². The zero-order valence-corrected chi connectivity index (χ0v) is 11.4. The number of pyridine rings is 1. The van der Waals surface area contributed by atoms with Gasteiger partial charge < -0.3 is 10.4 Å². The zero-order valence-electron chi connectivity index (χ0n) is 9.93. The molecule has 2 aromatic rings. The first-order chi connectivity index (χ1) is 9.49. The van der Waals surface area contributed by atoms with Crippen molar-refractivity contribution in [2.45, 2.75) is 0 Å². The number of aromatic nitrogens is 1. The third-order valence-electron chi connectivity index (χ3n) is 2.47. The molecule has 0 saturated heterocycles. The van der Waals surface area contributed by atoms with Gasteiger partial charge in [-0.3, -0.25) is 9.78 Å². The maximum absolute atomic E-state index is 12.0. The van der Waals surface area contributed by atoms with Gasteiger partial charge in [0.2, 0.25) is 0 Å². The number of hydrogen-bond acceptors (Lipinski definition) is 3. The standard InChI is InChI=1S/C13H8Cl2N2O3/c14-9-5-8(13(19)20)6-10(15)11(9)17-12(18)7-1-3-16-4-2-7/h1-6H,(H,17,18)(H,19,20). The highest BCUT2D eigenvalue weighted by atomic mass is 35.5. The topological polar surface area (TPSA) is 79.3 Å². The Morgan fingerprint density at radius 1 is 1.05 bits per heavy atom. The van der Waals surface area contributed by atoms with Gasteiger partial charge in [0, 0.05) is 18.0 Å². The molecule has 0 radical (unpaired) electrons. The van der Waals surface area contributed by atoms with Crippen molar-refractivity contribution in [3.05, 3.63) is 57.8 Å². The molecule has 2 N–H and O–H groups in total. The SMILES string of the molecule is O=C(O)c1cc(Cl)c(NC(=O)c2ccncc2)c(Cl)c1. The van der Waals surface area contributed by atoms with E-state index in [1.807, 2.05) is 0 Å². The van der Waals surface area contributed by atoms with Crippen molar-refractivity contribution in [2.24, 2.45) is 0 Å². The van der Waals surface area contributed by atoms with Gasteiger partial charge in [-0.1, -0.05) is 23.2 Å². The highest BCUT2D eigenvalue weighted by molar-refractivity contribution is 6.40. The molecule has 0 fully saturated rings. The van der Waals surface area contributed by atoms with Gasteiger partial charge >= 0.3 is 5.97 Å². The summed E-state index contributed by atoms with van der Waals surface area (Å²) in [6.07, 6.45) is 2.96. The molecule has 0 atom stereocenters. The molecular weight excluding hydrogens is 303 g/mol. The third kappa shape index (κ3) is 3.07. The van der Waals surface area contributed by atoms with E-state index >= 15 is 0 Å². The summed E-state index contributed by atoms with van der Waals surface area (Å²) in [5.74, 6) is -1.57. The lowest BCUT2D eigenvalue weighted by Crippen LogP contribution is -2.13. The molecule has 2 rings (SSSR count). The third-order valence-corrected chi connectivity index (χ3v) is 3.07. The van der Waals surface area contributed by atoms with Crippen LogP contribution in [0.5, 0.6) is 0 Å². The first kappa shape index (κ1) is 14.3. The zero-order chi connectivity index (χ0) is 14.7. The number of hydrogen-bond donors (Lipinski definition) is 2. The van der Waals surface area contributed by atoms with Gasteiger partial charge in [-0.15, -0.1) is 0 Å². The lowest BCUT2D eigenvalue weighted by atomic mass is 10.2. The van der Waals surface area contributed by atoms with Crippen LogP contribution in [-0.4, -0.2) is 22.0 Å². The van der Waals surface area contributed by atoms with Crippen molar-refractivity contribution in [2.75, 3.05) is 5.32 Å². The summed E-state index contributed by atoms with van der Waals surface area (Å²) in [5.41, 5.74) is 0.497. The first-order valence-corrected chi connectivity index (χ1v) is 6.18. The summed E-state index contributed by atoms with van der Waals surface area (Å²) in [4.78, 5) is 26.6. The van der Waals surface area contributed by atoms with Gasteiger partial charge in [-0.25, -0.2) is 4.79 Å². The molecular formula is C13H8Cl2N2O3. The van der Waals surface area contributed by atoms with Crippen molar-refractivity contribution >= 4 is 40.8 Å². The van der Waals surface area contributed by atoms with Gasteiger partial charge in [0.15, 0.2) is 0 Å². The smallest absolute Gasteiger partial charge is 0.335 e. The number of carboxylic acid groups (broad SMARTS) is 1. The molecule has 1 heterocycles. The minimum absolute atomic E-state index is 0.0531. The summed E-state index contributed by atoms with van der Waals surface area (Å²) in [6, 6.07) is 5.50. The molecule has 0 unspecified atom stereocenters. The highest BCUT2D eigenvalue weighted by Crippen LogP contribution is 2.32. The van der Waals surface area contributed by atoms with Gasteiger partial charge in [0.25, 0.3) is 5.91 Å². The second-order valence-corrected chi connectivity index (χ2v) is 4.62. The Hall–Kier alpha value is -2.11. The number of nitrogens with one attached hydrogen (secondary N) is 1. The summed E-state index contributed by atoms with van der Waals surface area (Å²) in [5, 5.41) is 11.5. The Balaban J connectivity index is 2.31. The average molecular weight is 311 g/mol. The molecule has 7 heteroatoms. The Morgan fingerprint density at radius 2 is 1.60 bits per heavy atom. The fraction of sp³-hybridized carbons (Fsp3) is 0. The van der Waals surface area contributed by atoms with Crippen molar-refractivity contribution in [3.63, 3.8) is 0 Å². The van der Waals surface area contributed by atoms with Gasteiger partial charge in [0.1, 0.15) is 0 Å². The van der Waals surface area contributed by atoms with Crippen LogP contribution >= 0.6 is 23.2 Å². The molecule has 1 aromatic carbocycles. The number of benzene rings is 1. The quantitative estimate of drug-likeness (QED) is 0.911. The number of halogens is 2. The molecule has 20 heavy (non-hydrogen) atoms. The van der Waals surface area contributed by atoms with Crippen LogP contribution < -0.4 is 5.32 Å². The number of nitrogens with zero attached hydrogens (tertiary/aromatic N) is 1. The van der Waals surface area contributed by atoms with Crippen LogP contribution in [-0.2, 0) is 0 Å². The van der Waals surface area contributed by atoms with E-state index in [2.05, 4.69) is 10.3 Å². The van der Waals surface area contributed by atoms with E-state index in [4.69, 9.17) is 28.3 Å². The van der Waals surface area contributed by atoms with Crippen molar-refractivity contribution in [3.8, 4) is 0 Å². The fourth-order valence-corrected chi connectivity index (χ4v) is 2.09. The highest BCUT2D eigenvalue weighted by Gasteiger charge is 2.15. The molecule has 0 saturated carbocycles. The van der Waals surface area contributed by atoms with E-state index in [1.54, 1.807) is 0 Å². The number of rotatable bonds is 3. The van der Waals surface area contributed by atoms with Crippen molar-refractivity contribution < 1.29 is 14.7 Å². The number of carboxylic acids is 1. The van der Waals surface area contributed by atoms with Crippen molar-refractivity contribution in [1.82, 2.24) is 4.98 Å². The van der Waals surface area contributed by atoms with Crippen LogP contribution in [0.25, 0.3) is 0 Å². The van der Waals surface area contributed by atoms with Gasteiger partial charge in [-0.05, 0) is 24.3 Å². The number of amides is 1. The minimum atomic E-state index is -1.15. The minimum Gasteiger partial charge on any atom is -0.478 e. The number of carbonyl (C=O) groups is 2. The van der Waals surface area contributed by atoms with Gasteiger partial charge in [0.05, 0.1) is 21.3 Å².